The third-order valence-corrected chi connectivity index (χ3v) is 3.02. The molecule has 0 radical (unpaired) electrons. The van der Waals surface area contributed by atoms with E-state index in [1.54, 1.807) is 0 Å². The quantitative estimate of drug-likeness (QED) is 0.816. The van der Waals surface area contributed by atoms with Crippen molar-refractivity contribution in [2.75, 3.05) is 32.1 Å². The zero-order valence-corrected chi connectivity index (χ0v) is 10.3. The number of aromatic nitrogens is 2. The molecule has 16 heavy (non-hydrogen) atoms. The highest BCUT2D eigenvalue weighted by Gasteiger charge is 2.17. The van der Waals surface area contributed by atoms with Gasteiger partial charge in [0.25, 0.3) is 0 Å². The van der Waals surface area contributed by atoms with Crippen LogP contribution in [0.15, 0.2) is 6.07 Å². The predicted octanol–water partition coefficient (Wildman–Crippen LogP) is 1.32. The zero-order valence-electron chi connectivity index (χ0n) is 10.3. The Morgan fingerprint density at radius 1 is 1.38 bits per heavy atom. The van der Waals surface area contributed by atoms with Gasteiger partial charge in [0.15, 0.2) is 0 Å². The van der Waals surface area contributed by atoms with Gasteiger partial charge in [-0.05, 0) is 26.3 Å². The van der Waals surface area contributed by atoms with Crippen LogP contribution in [0.4, 0.5) is 5.82 Å². The Morgan fingerprint density at radius 3 is 2.81 bits per heavy atom. The molecule has 1 atom stereocenters. The van der Waals surface area contributed by atoms with Gasteiger partial charge >= 0.3 is 0 Å². The van der Waals surface area contributed by atoms with E-state index in [1.807, 2.05) is 25.9 Å². The summed E-state index contributed by atoms with van der Waals surface area (Å²) in [7, 11) is 4.04. The van der Waals surface area contributed by atoms with E-state index in [0.717, 1.165) is 24.7 Å². The molecule has 0 spiro atoms. The predicted molar refractivity (Wildman–Crippen MR) is 65.9 cm³/mol. The lowest BCUT2D eigenvalue weighted by Gasteiger charge is -2.23. The van der Waals surface area contributed by atoms with E-state index >= 15 is 0 Å². The highest BCUT2D eigenvalue weighted by atomic mass is 15.1. The van der Waals surface area contributed by atoms with Crippen LogP contribution in [-0.4, -0.2) is 37.2 Å². The van der Waals surface area contributed by atoms with Gasteiger partial charge in [0.2, 0.25) is 0 Å². The summed E-state index contributed by atoms with van der Waals surface area (Å²) in [6.45, 7) is 4.15. The average molecular weight is 220 g/mol. The number of hydrogen-bond donors (Lipinski definition) is 1. The molecular weight excluding hydrogens is 200 g/mol. The van der Waals surface area contributed by atoms with Gasteiger partial charge in [-0.1, -0.05) is 0 Å². The maximum absolute atomic E-state index is 4.56. The first-order valence-electron chi connectivity index (χ1n) is 5.90. The molecule has 4 heteroatoms. The molecule has 1 fully saturated rings. The standard InChI is InChI=1S/C12H20N4/c1-9-14-11(7-12(15-9)16(2)3)10-5-4-6-13-8-10/h7,10,13H,4-6,8H2,1-3H3/t10-/m1/s1. The number of rotatable bonds is 2. The van der Waals surface area contributed by atoms with Crippen molar-refractivity contribution in [3.8, 4) is 0 Å². The fourth-order valence-electron chi connectivity index (χ4n) is 2.12. The van der Waals surface area contributed by atoms with E-state index in [0.29, 0.717) is 5.92 Å². The second-order valence-corrected chi connectivity index (χ2v) is 4.64. The van der Waals surface area contributed by atoms with E-state index in [-0.39, 0.29) is 0 Å². The first-order valence-corrected chi connectivity index (χ1v) is 5.90. The number of aryl methyl sites for hydroxylation is 1. The molecule has 1 aromatic rings. The lowest BCUT2D eigenvalue weighted by Crippen LogP contribution is -2.29. The van der Waals surface area contributed by atoms with E-state index in [1.165, 1.54) is 18.5 Å². The van der Waals surface area contributed by atoms with Crippen molar-refractivity contribution in [2.45, 2.75) is 25.7 Å². The Kier molecular flexibility index (Phi) is 3.39. The van der Waals surface area contributed by atoms with Crippen molar-refractivity contribution >= 4 is 5.82 Å². The van der Waals surface area contributed by atoms with Crippen LogP contribution in [0.2, 0.25) is 0 Å². The third-order valence-electron chi connectivity index (χ3n) is 3.02. The van der Waals surface area contributed by atoms with Gasteiger partial charge in [0.1, 0.15) is 11.6 Å². The maximum Gasteiger partial charge on any atom is 0.132 e. The van der Waals surface area contributed by atoms with Crippen LogP contribution < -0.4 is 10.2 Å². The molecule has 1 aromatic heterocycles. The third kappa shape index (κ3) is 2.50. The Labute approximate surface area is 97.1 Å². The molecule has 0 amide bonds. The molecule has 1 N–H and O–H groups in total. The number of anilines is 1. The average Bonchev–Trinajstić information content (AvgIpc) is 2.29. The second-order valence-electron chi connectivity index (χ2n) is 4.64. The summed E-state index contributed by atoms with van der Waals surface area (Å²) in [5, 5.41) is 3.43. The summed E-state index contributed by atoms with van der Waals surface area (Å²) >= 11 is 0. The normalized spacial score (nSPS) is 20.8. The van der Waals surface area contributed by atoms with Gasteiger partial charge in [0.05, 0.1) is 5.69 Å². The molecule has 1 aliphatic rings. The Morgan fingerprint density at radius 2 is 2.19 bits per heavy atom. The highest BCUT2D eigenvalue weighted by Crippen LogP contribution is 2.23. The molecule has 1 aliphatic heterocycles. The molecule has 88 valence electrons. The van der Waals surface area contributed by atoms with Crippen molar-refractivity contribution in [1.29, 1.82) is 0 Å². The van der Waals surface area contributed by atoms with Crippen molar-refractivity contribution in [1.82, 2.24) is 15.3 Å². The van der Waals surface area contributed by atoms with Crippen molar-refractivity contribution in [3.05, 3.63) is 17.6 Å². The maximum atomic E-state index is 4.56. The highest BCUT2D eigenvalue weighted by molar-refractivity contribution is 5.38. The zero-order chi connectivity index (χ0) is 11.5. The van der Waals surface area contributed by atoms with Crippen LogP contribution >= 0.6 is 0 Å². The first kappa shape index (κ1) is 11.3. The fraction of sp³-hybridized carbons (Fsp3) is 0.667. The summed E-state index contributed by atoms with van der Waals surface area (Å²) in [5.41, 5.74) is 1.18. The van der Waals surface area contributed by atoms with Crippen LogP contribution in [0.5, 0.6) is 0 Å². The van der Waals surface area contributed by atoms with Crippen molar-refractivity contribution in [2.24, 2.45) is 0 Å². The van der Waals surface area contributed by atoms with Gasteiger partial charge in [-0.2, -0.15) is 0 Å². The minimum Gasteiger partial charge on any atom is -0.363 e. The largest absolute Gasteiger partial charge is 0.363 e. The summed E-state index contributed by atoms with van der Waals surface area (Å²) in [6, 6.07) is 2.12. The first-order chi connectivity index (χ1) is 7.66. The van der Waals surface area contributed by atoms with E-state index in [9.17, 15) is 0 Å². The molecule has 0 saturated carbocycles. The van der Waals surface area contributed by atoms with Crippen LogP contribution in [0.25, 0.3) is 0 Å². The lowest BCUT2D eigenvalue weighted by atomic mass is 9.96. The Bertz CT molecular complexity index is 356. The lowest BCUT2D eigenvalue weighted by molar-refractivity contribution is 0.453. The molecule has 2 heterocycles. The summed E-state index contributed by atoms with van der Waals surface area (Å²) < 4.78 is 0. The van der Waals surface area contributed by atoms with Gasteiger partial charge in [0, 0.05) is 32.6 Å². The number of piperidine rings is 1. The molecule has 0 aromatic carbocycles. The monoisotopic (exact) mass is 220 g/mol. The molecule has 0 aliphatic carbocycles. The molecule has 4 nitrogen and oxygen atoms in total. The van der Waals surface area contributed by atoms with E-state index in [2.05, 4.69) is 21.4 Å². The van der Waals surface area contributed by atoms with Crippen LogP contribution in [0, 0.1) is 6.92 Å². The summed E-state index contributed by atoms with van der Waals surface area (Å²) in [4.78, 5) is 11.0. The van der Waals surface area contributed by atoms with Gasteiger partial charge in [-0.15, -0.1) is 0 Å². The van der Waals surface area contributed by atoms with E-state index < -0.39 is 0 Å². The van der Waals surface area contributed by atoms with E-state index in [4.69, 9.17) is 0 Å². The minimum atomic E-state index is 0.550. The molecule has 1 saturated heterocycles. The van der Waals surface area contributed by atoms with Gasteiger partial charge in [-0.25, -0.2) is 9.97 Å². The molecule has 2 rings (SSSR count). The SMILES string of the molecule is Cc1nc([C@@H]2CCCNC2)cc(N(C)C)n1. The minimum absolute atomic E-state index is 0.550. The van der Waals surface area contributed by atoms with Crippen LogP contribution in [-0.2, 0) is 0 Å². The van der Waals surface area contributed by atoms with Crippen molar-refractivity contribution in [3.63, 3.8) is 0 Å². The summed E-state index contributed by atoms with van der Waals surface area (Å²) in [5.74, 6) is 2.42. The number of hydrogen-bond acceptors (Lipinski definition) is 4. The second kappa shape index (κ2) is 4.78. The van der Waals surface area contributed by atoms with Gasteiger partial charge < -0.3 is 10.2 Å². The number of nitrogens with one attached hydrogen (secondary N) is 1. The summed E-state index contributed by atoms with van der Waals surface area (Å²) in [6.07, 6.45) is 2.47. The molecule has 0 bridgehead atoms. The Hall–Kier alpha value is -1.16. The number of nitrogens with zero attached hydrogens (tertiary/aromatic N) is 3. The molecule has 0 unspecified atom stereocenters. The molecular formula is C12H20N4. The fourth-order valence-corrected chi connectivity index (χ4v) is 2.12. The van der Waals surface area contributed by atoms with Crippen LogP contribution in [0.3, 0.4) is 0 Å². The Balaban J connectivity index is 2.25. The smallest absolute Gasteiger partial charge is 0.132 e. The topological polar surface area (TPSA) is 41.1 Å². The van der Waals surface area contributed by atoms with Crippen molar-refractivity contribution < 1.29 is 0 Å². The van der Waals surface area contributed by atoms with Gasteiger partial charge in [-0.3, -0.25) is 0 Å². The van der Waals surface area contributed by atoms with Crippen LogP contribution in [0.1, 0.15) is 30.3 Å².